The van der Waals surface area contributed by atoms with Crippen LogP contribution in [0, 0.1) is 0 Å². The maximum Gasteiger partial charge on any atom is 0.292 e. The fraction of sp³-hybridized carbons (Fsp3) is 0.200. The van der Waals surface area contributed by atoms with Gasteiger partial charge < -0.3 is 14.5 Å². The molecule has 1 N–H and O–H groups in total. The molecule has 6 nitrogen and oxygen atoms in total. The van der Waals surface area contributed by atoms with Gasteiger partial charge in [0.2, 0.25) is 0 Å². The summed E-state index contributed by atoms with van der Waals surface area (Å²) in [6, 6.07) is 27.8. The summed E-state index contributed by atoms with van der Waals surface area (Å²) in [5, 5.41) is 9.69. The van der Waals surface area contributed by atoms with E-state index < -0.39 is 0 Å². The molecule has 0 saturated carbocycles. The maximum atomic E-state index is 12.7. The zero-order valence-electron chi connectivity index (χ0n) is 20.5. The summed E-state index contributed by atoms with van der Waals surface area (Å²) in [5.41, 5.74) is 2.46. The second-order valence-corrected chi connectivity index (χ2v) is 8.92. The van der Waals surface area contributed by atoms with E-state index in [1.165, 1.54) is 21.9 Å². The Labute approximate surface area is 210 Å². The highest BCUT2D eigenvalue weighted by atomic mass is 16.5. The number of hydrogen-bond donors (Lipinski definition) is 1. The lowest BCUT2D eigenvalue weighted by Crippen LogP contribution is -2.12. The van der Waals surface area contributed by atoms with Crippen LogP contribution >= 0.6 is 0 Å². The SMILES string of the molecule is CCC(C)c1ccc(OCc2ccc(C(=O)Nc3ccn(Cc4cccc5ccccc45)n3)o2)cc1. The van der Waals surface area contributed by atoms with Crippen molar-refractivity contribution in [1.29, 1.82) is 0 Å². The molecule has 1 amide bonds. The molecule has 182 valence electrons. The number of carbonyl (C=O) groups is 1. The summed E-state index contributed by atoms with van der Waals surface area (Å²) < 4.78 is 13.3. The average Bonchev–Trinajstić information content (AvgIpc) is 3.57. The molecule has 0 aliphatic rings. The first-order valence-electron chi connectivity index (χ1n) is 12.2. The molecule has 0 aliphatic carbocycles. The van der Waals surface area contributed by atoms with E-state index >= 15 is 0 Å². The van der Waals surface area contributed by atoms with Crippen LogP contribution in [-0.4, -0.2) is 15.7 Å². The van der Waals surface area contributed by atoms with E-state index in [-0.39, 0.29) is 18.3 Å². The number of benzene rings is 3. The van der Waals surface area contributed by atoms with Crippen molar-refractivity contribution >= 4 is 22.5 Å². The van der Waals surface area contributed by atoms with Gasteiger partial charge in [0.25, 0.3) is 5.91 Å². The van der Waals surface area contributed by atoms with Gasteiger partial charge in [-0.3, -0.25) is 9.48 Å². The van der Waals surface area contributed by atoms with E-state index in [1.807, 2.05) is 41.2 Å². The van der Waals surface area contributed by atoms with E-state index in [4.69, 9.17) is 9.15 Å². The van der Waals surface area contributed by atoms with Crippen molar-refractivity contribution in [2.45, 2.75) is 39.3 Å². The number of carbonyl (C=O) groups excluding carboxylic acids is 1. The lowest BCUT2D eigenvalue weighted by atomic mass is 9.99. The maximum absolute atomic E-state index is 12.7. The van der Waals surface area contributed by atoms with Crippen LogP contribution in [-0.2, 0) is 13.2 Å². The number of ether oxygens (including phenoxy) is 1. The van der Waals surface area contributed by atoms with E-state index in [2.05, 4.69) is 60.7 Å². The first-order chi connectivity index (χ1) is 17.6. The van der Waals surface area contributed by atoms with Crippen LogP contribution in [0.25, 0.3) is 10.8 Å². The van der Waals surface area contributed by atoms with E-state index in [0.29, 0.717) is 24.0 Å². The average molecular weight is 480 g/mol. The minimum absolute atomic E-state index is 0.212. The van der Waals surface area contributed by atoms with Crippen molar-refractivity contribution in [2.75, 3.05) is 5.32 Å². The van der Waals surface area contributed by atoms with Crippen molar-refractivity contribution in [1.82, 2.24) is 9.78 Å². The largest absolute Gasteiger partial charge is 0.486 e. The summed E-state index contributed by atoms with van der Waals surface area (Å²) in [6.45, 7) is 5.24. The summed E-state index contributed by atoms with van der Waals surface area (Å²) >= 11 is 0. The Morgan fingerprint density at radius 1 is 1.00 bits per heavy atom. The van der Waals surface area contributed by atoms with Gasteiger partial charge in [-0.1, -0.05) is 68.4 Å². The number of fused-ring (bicyclic) bond motifs is 1. The molecule has 3 aromatic carbocycles. The molecule has 2 aromatic heterocycles. The molecule has 0 radical (unpaired) electrons. The smallest absolute Gasteiger partial charge is 0.292 e. The predicted octanol–water partition coefficient (Wildman–Crippen LogP) is 7.02. The van der Waals surface area contributed by atoms with Crippen molar-refractivity contribution < 1.29 is 13.9 Å². The third-order valence-corrected chi connectivity index (χ3v) is 6.42. The number of nitrogens with one attached hydrogen (secondary N) is 1. The van der Waals surface area contributed by atoms with Crippen molar-refractivity contribution in [3.63, 3.8) is 0 Å². The van der Waals surface area contributed by atoms with Gasteiger partial charge >= 0.3 is 0 Å². The van der Waals surface area contributed by atoms with E-state index in [1.54, 1.807) is 18.2 Å². The fourth-order valence-electron chi connectivity index (χ4n) is 4.16. The third kappa shape index (κ3) is 5.33. The summed E-state index contributed by atoms with van der Waals surface area (Å²) in [5.74, 6) is 2.19. The Bertz CT molecular complexity index is 1460. The second-order valence-electron chi connectivity index (χ2n) is 8.92. The molecule has 6 heteroatoms. The number of furan rings is 1. The molecule has 0 spiro atoms. The highest BCUT2D eigenvalue weighted by Crippen LogP contribution is 2.23. The lowest BCUT2D eigenvalue weighted by Gasteiger charge is -2.10. The monoisotopic (exact) mass is 479 g/mol. The van der Waals surface area contributed by atoms with Crippen LogP contribution in [0.5, 0.6) is 5.75 Å². The highest BCUT2D eigenvalue weighted by molar-refractivity contribution is 6.01. The highest BCUT2D eigenvalue weighted by Gasteiger charge is 2.14. The quantitative estimate of drug-likeness (QED) is 0.247. The molecule has 2 heterocycles. The van der Waals surface area contributed by atoms with Gasteiger partial charge in [-0.2, -0.15) is 5.10 Å². The number of rotatable bonds is 9. The number of aromatic nitrogens is 2. The van der Waals surface area contributed by atoms with E-state index in [0.717, 1.165) is 12.2 Å². The van der Waals surface area contributed by atoms with Gasteiger partial charge in [0.05, 0.1) is 6.54 Å². The Morgan fingerprint density at radius 2 is 1.81 bits per heavy atom. The van der Waals surface area contributed by atoms with Crippen LogP contribution in [0.15, 0.2) is 95.5 Å². The topological polar surface area (TPSA) is 69.3 Å². The molecule has 0 bridgehead atoms. The molecule has 1 unspecified atom stereocenters. The Kier molecular flexibility index (Phi) is 6.85. The molecule has 0 fully saturated rings. The van der Waals surface area contributed by atoms with Gasteiger partial charge in [-0.15, -0.1) is 0 Å². The van der Waals surface area contributed by atoms with Gasteiger partial charge in [0, 0.05) is 12.3 Å². The minimum Gasteiger partial charge on any atom is -0.486 e. The van der Waals surface area contributed by atoms with Crippen molar-refractivity contribution in [3.8, 4) is 5.75 Å². The standard InChI is InChI=1S/C30H29N3O3/c1-3-21(2)22-11-13-25(14-12-22)35-20-26-15-16-28(36-26)30(34)31-29-17-18-33(32-29)19-24-9-6-8-23-7-4-5-10-27(23)24/h4-18,21H,3,19-20H2,1-2H3,(H,31,32,34). The first kappa shape index (κ1) is 23.4. The van der Waals surface area contributed by atoms with Crippen LogP contribution in [0.3, 0.4) is 0 Å². The molecule has 0 aliphatic heterocycles. The molecule has 0 saturated heterocycles. The fourth-order valence-corrected chi connectivity index (χ4v) is 4.16. The molecular weight excluding hydrogens is 450 g/mol. The number of amides is 1. The summed E-state index contributed by atoms with van der Waals surface area (Å²) in [6.07, 6.45) is 2.95. The molecular formula is C30H29N3O3. The van der Waals surface area contributed by atoms with Crippen LogP contribution in [0.1, 0.15) is 53.6 Å². The lowest BCUT2D eigenvalue weighted by molar-refractivity contribution is 0.0992. The van der Waals surface area contributed by atoms with Gasteiger partial charge in [0.15, 0.2) is 11.6 Å². The zero-order chi connectivity index (χ0) is 24.9. The number of hydrogen-bond acceptors (Lipinski definition) is 4. The Balaban J connectivity index is 1.17. The number of anilines is 1. The molecule has 36 heavy (non-hydrogen) atoms. The minimum atomic E-state index is -0.352. The van der Waals surface area contributed by atoms with Crippen molar-refractivity contribution in [2.24, 2.45) is 0 Å². The summed E-state index contributed by atoms with van der Waals surface area (Å²) in [7, 11) is 0. The molecule has 5 aromatic rings. The number of nitrogens with zero attached hydrogens (tertiary/aromatic N) is 2. The van der Waals surface area contributed by atoms with Crippen LogP contribution in [0.2, 0.25) is 0 Å². The van der Waals surface area contributed by atoms with Gasteiger partial charge in [-0.25, -0.2) is 0 Å². The van der Waals surface area contributed by atoms with Gasteiger partial charge in [-0.05, 0) is 58.5 Å². The first-order valence-corrected chi connectivity index (χ1v) is 12.2. The molecule has 1 atom stereocenters. The second kappa shape index (κ2) is 10.5. The normalized spacial score (nSPS) is 11.9. The zero-order valence-corrected chi connectivity index (χ0v) is 20.5. The van der Waals surface area contributed by atoms with Crippen LogP contribution < -0.4 is 10.1 Å². The van der Waals surface area contributed by atoms with E-state index in [9.17, 15) is 4.79 Å². The molecule has 5 rings (SSSR count). The Hall–Kier alpha value is -4.32. The van der Waals surface area contributed by atoms with Crippen LogP contribution in [0.4, 0.5) is 5.82 Å². The third-order valence-electron chi connectivity index (χ3n) is 6.42. The van der Waals surface area contributed by atoms with Gasteiger partial charge in [0.1, 0.15) is 18.1 Å². The Morgan fingerprint density at radius 3 is 2.64 bits per heavy atom. The predicted molar refractivity (Wildman–Crippen MR) is 141 cm³/mol. The van der Waals surface area contributed by atoms with Crippen molar-refractivity contribution in [3.05, 3.63) is 114 Å². The summed E-state index contributed by atoms with van der Waals surface area (Å²) in [4.78, 5) is 12.7.